The van der Waals surface area contributed by atoms with E-state index in [0.717, 1.165) is 23.9 Å². The van der Waals surface area contributed by atoms with Crippen molar-refractivity contribution in [1.29, 1.82) is 0 Å². The predicted octanol–water partition coefficient (Wildman–Crippen LogP) is 1.28. The van der Waals surface area contributed by atoms with E-state index in [0.29, 0.717) is 49.2 Å². The second-order valence-electron chi connectivity index (χ2n) is 8.84. The van der Waals surface area contributed by atoms with Crippen molar-refractivity contribution < 1.29 is 9.59 Å². The number of fused-ring (bicyclic) bond motifs is 3. The minimum atomic E-state index is -0.216. The Morgan fingerprint density at radius 1 is 1.09 bits per heavy atom. The van der Waals surface area contributed by atoms with Crippen molar-refractivity contribution in [2.24, 2.45) is 0 Å². The van der Waals surface area contributed by atoms with Gasteiger partial charge in [-0.1, -0.05) is 18.2 Å². The Hall–Kier alpha value is -3.82. The first kappa shape index (κ1) is 22.0. The Balaban J connectivity index is 1.20. The quantitative estimate of drug-likeness (QED) is 0.567. The van der Waals surface area contributed by atoms with E-state index in [9.17, 15) is 14.4 Å². The summed E-state index contributed by atoms with van der Waals surface area (Å²) in [6.45, 7) is 1.38. The van der Waals surface area contributed by atoms with Gasteiger partial charge >= 0.3 is 0 Å². The van der Waals surface area contributed by atoms with E-state index in [-0.39, 0.29) is 29.5 Å². The van der Waals surface area contributed by atoms with Crippen LogP contribution in [0.4, 0.5) is 5.95 Å². The van der Waals surface area contributed by atoms with E-state index in [1.165, 1.54) is 12.4 Å². The highest BCUT2D eigenvalue weighted by atomic mass is 16.2. The van der Waals surface area contributed by atoms with Crippen molar-refractivity contribution in [3.63, 3.8) is 0 Å². The van der Waals surface area contributed by atoms with Crippen LogP contribution in [0.15, 0.2) is 41.5 Å². The molecule has 0 aliphatic carbocycles. The Bertz CT molecular complexity index is 1260. The molecule has 0 saturated carbocycles. The number of piperazine rings is 1. The van der Waals surface area contributed by atoms with Crippen LogP contribution in [-0.2, 0) is 11.2 Å². The van der Waals surface area contributed by atoms with Crippen molar-refractivity contribution in [2.75, 3.05) is 25.0 Å². The predicted molar refractivity (Wildman–Crippen MR) is 127 cm³/mol. The highest BCUT2D eigenvalue weighted by Crippen LogP contribution is 2.32. The number of amides is 2. The first-order chi connectivity index (χ1) is 16.5. The zero-order valence-electron chi connectivity index (χ0n) is 19.0. The number of hydrogen-bond acceptors (Lipinski definition) is 7. The molecular weight excluding hydrogens is 434 g/mol. The van der Waals surface area contributed by atoms with Gasteiger partial charge in [0.1, 0.15) is 0 Å². The van der Waals surface area contributed by atoms with Gasteiger partial charge < -0.3 is 15.1 Å². The van der Waals surface area contributed by atoms with Gasteiger partial charge in [-0.3, -0.25) is 14.4 Å². The third-order valence-electron chi connectivity index (χ3n) is 6.76. The third-order valence-corrected chi connectivity index (χ3v) is 6.76. The van der Waals surface area contributed by atoms with Gasteiger partial charge in [-0.15, -0.1) is 0 Å². The molecule has 176 valence electrons. The lowest BCUT2D eigenvalue weighted by atomic mass is 10.1. The van der Waals surface area contributed by atoms with E-state index in [1.807, 2.05) is 23.1 Å². The zero-order valence-corrected chi connectivity index (χ0v) is 19.0. The van der Waals surface area contributed by atoms with Crippen molar-refractivity contribution in [3.8, 4) is 0 Å². The van der Waals surface area contributed by atoms with Gasteiger partial charge in [0.2, 0.25) is 11.9 Å². The van der Waals surface area contributed by atoms with Gasteiger partial charge in [0.25, 0.3) is 11.5 Å². The number of aryl methyl sites for hydroxylation is 1. The lowest BCUT2D eigenvalue weighted by Gasteiger charge is -2.41. The second kappa shape index (κ2) is 9.20. The summed E-state index contributed by atoms with van der Waals surface area (Å²) >= 11 is 0. The van der Waals surface area contributed by atoms with Gasteiger partial charge in [-0.25, -0.2) is 15.1 Å². The Morgan fingerprint density at radius 3 is 2.44 bits per heavy atom. The number of nitrogens with zero attached hydrogens (tertiary/aromatic N) is 5. The van der Waals surface area contributed by atoms with Crippen molar-refractivity contribution in [1.82, 2.24) is 30.4 Å². The SMILES string of the molecule is CNC(=O)c1cnc(N2CC3CCC(C2)N3C(=O)CCCc2n[nH]c(=O)c3ccccc23)nc1. The zero-order chi connectivity index (χ0) is 23.7. The summed E-state index contributed by atoms with van der Waals surface area (Å²) in [5.74, 6) is 0.538. The molecule has 0 radical (unpaired) electrons. The van der Waals surface area contributed by atoms with Gasteiger partial charge in [0.05, 0.1) is 16.6 Å². The van der Waals surface area contributed by atoms with Gasteiger partial charge in [0, 0.05) is 56.4 Å². The number of H-pyrrole nitrogens is 1. The van der Waals surface area contributed by atoms with Crippen molar-refractivity contribution >= 4 is 28.5 Å². The van der Waals surface area contributed by atoms with E-state index in [1.54, 1.807) is 13.1 Å². The number of rotatable bonds is 6. The summed E-state index contributed by atoms with van der Waals surface area (Å²) in [6, 6.07) is 7.70. The molecule has 2 bridgehead atoms. The molecule has 2 unspecified atom stereocenters. The highest BCUT2D eigenvalue weighted by Gasteiger charge is 2.42. The monoisotopic (exact) mass is 461 g/mol. The molecule has 0 spiro atoms. The summed E-state index contributed by atoms with van der Waals surface area (Å²) in [5.41, 5.74) is 1.04. The topological polar surface area (TPSA) is 124 Å². The molecule has 10 nitrogen and oxygen atoms in total. The molecule has 4 heterocycles. The summed E-state index contributed by atoms with van der Waals surface area (Å²) in [5, 5.41) is 10.8. The van der Waals surface area contributed by atoms with Crippen LogP contribution >= 0.6 is 0 Å². The maximum absolute atomic E-state index is 13.1. The fraction of sp³-hybridized carbons (Fsp3) is 0.417. The van der Waals surface area contributed by atoms with Crippen LogP contribution in [0.25, 0.3) is 10.8 Å². The average Bonchev–Trinajstić information content (AvgIpc) is 3.14. The van der Waals surface area contributed by atoms with E-state index >= 15 is 0 Å². The molecule has 10 heteroatoms. The third kappa shape index (κ3) is 4.11. The number of anilines is 1. The number of benzene rings is 1. The van der Waals surface area contributed by atoms with E-state index in [2.05, 4.69) is 30.4 Å². The van der Waals surface area contributed by atoms with Crippen LogP contribution in [0, 0.1) is 0 Å². The molecule has 2 aliphatic heterocycles. The second-order valence-corrected chi connectivity index (χ2v) is 8.84. The number of aromatic nitrogens is 4. The van der Waals surface area contributed by atoms with Crippen LogP contribution in [0.3, 0.4) is 0 Å². The van der Waals surface area contributed by atoms with E-state index in [4.69, 9.17) is 0 Å². The molecule has 34 heavy (non-hydrogen) atoms. The van der Waals surface area contributed by atoms with Crippen LogP contribution in [-0.4, -0.2) is 69.1 Å². The largest absolute Gasteiger partial charge is 0.355 e. The summed E-state index contributed by atoms with van der Waals surface area (Å²) in [7, 11) is 1.57. The Kier molecular flexibility index (Phi) is 5.95. The minimum absolute atomic E-state index is 0.139. The molecule has 2 N–H and O–H groups in total. The van der Waals surface area contributed by atoms with Crippen LogP contribution in [0.1, 0.15) is 41.7 Å². The number of nitrogens with one attached hydrogen (secondary N) is 2. The van der Waals surface area contributed by atoms with Crippen LogP contribution in [0.2, 0.25) is 0 Å². The number of carbonyl (C=O) groups is 2. The molecule has 2 atom stereocenters. The molecule has 2 saturated heterocycles. The van der Waals surface area contributed by atoms with Gasteiger partial charge in [0.15, 0.2) is 0 Å². The first-order valence-corrected chi connectivity index (χ1v) is 11.6. The van der Waals surface area contributed by atoms with E-state index < -0.39 is 0 Å². The highest BCUT2D eigenvalue weighted by molar-refractivity contribution is 5.93. The number of aromatic amines is 1. The molecular formula is C24H27N7O3. The average molecular weight is 462 g/mol. The lowest BCUT2D eigenvalue weighted by molar-refractivity contribution is -0.134. The Morgan fingerprint density at radius 2 is 1.76 bits per heavy atom. The minimum Gasteiger partial charge on any atom is -0.355 e. The first-order valence-electron chi connectivity index (χ1n) is 11.6. The number of hydrogen-bond donors (Lipinski definition) is 2. The van der Waals surface area contributed by atoms with Crippen LogP contribution < -0.4 is 15.8 Å². The molecule has 2 amide bonds. The molecule has 2 aliphatic rings. The summed E-state index contributed by atoms with van der Waals surface area (Å²) in [6.07, 6.45) is 6.75. The van der Waals surface area contributed by atoms with Gasteiger partial charge in [-0.05, 0) is 31.7 Å². The van der Waals surface area contributed by atoms with Gasteiger partial charge in [-0.2, -0.15) is 5.10 Å². The maximum atomic E-state index is 13.1. The standard InChI is InChI=1S/C24H27N7O3/c1-25-22(33)15-11-26-24(27-12-15)30-13-16-9-10-17(14-30)31(16)21(32)8-4-7-20-18-5-2-3-6-19(18)23(34)29-28-20/h2-3,5-6,11-12,16-17H,4,7-10,13-14H2,1H3,(H,25,33)(H,29,34). The lowest BCUT2D eigenvalue weighted by Crippen LogP contribution is -2.56. The smallest absolute Gasteiger partial charge is 0.272 e. The maximum Gasteiger partial charge on any atom is 0.272 e. The van der Waals surface area contributed by atoms with Crippen molar-refractivity contribution in [2.45, 2.75) is 44.2 Å². The summed E-state index contributed by atoms with van der Waals surface area (Å²) < 4.78 is 0. The van der Waals surface area contributed by atoms with Crippen molar-refractivity contribution in [3.05, 3.63) is 58.3 Å². The normalized spacial score (nSPS) is 19.4. The molecule has 2 fully saturated rings. The fourth-order valence-electron chi connectivity index (χ4n) is 5.12. The number of carbonyl (C=O) groups excluding carboxylic acids is 2. The molecule has 5 rings (SSSR count). The Labute approximate surface area is 196 Å². The molecule has 2 aromatic heterocycles. The molecule has 3 aromatic rings. The molecule has 1 aromatic carbocycles. The summed E-state index contributed by atoms with van der Waals surface area (Å²) in [4.78, 5) is 49.7. The van der Waals surface area contributed by atoms with Crippen LogP contribution in [0.5, 0.6) is 0 Å². The fourth-order valence-corrected chi connectivity index (χ4v) is 5.12.